The maximum Gasteiger partial charge on any atom is 0.166 e. The lowest BCUT2D eigenvalue weighted by Crippen LogP contribution is -2.55. The van der Waals surface area contributed by atoms with Crippen molar-refractivity contribution < 1.29 is 8.42 Å². The lowest BCUT2D eigenvalue weighted by Gasteiger charge is -2.51. The van der Waals surface area contributed by atoms with Crippen molar-refractivity contribution in [3.8, 4) is 0 Å². The Morgan fingerprint density at radius 3 is 1.17 bits per heavy atom. The zero-order chi connectivity index (χ0) is 35.7. The van der Waals surface area contributed by atoms with Gasteiger partial charge >= 0.3 is 0 Å². The van der Waals surface area contributed by atoms with Gasteiger partial charge in [0.2, 0.25) is 0 Å². The minimum absolute atomic E-state index is 0.107. The molecule has 4 unspecified atom stereocenters. The Labute approximate surface area is 293 Å². The van der Waals surface area contributed by atoms with E-state index in [1.165, 1.54) is 36.8 Å². The number of hydrogen-bond donors (Lipinski definition) is 0. The summed E-state index contributed by atoms with van der Waals surface area (Å²) < 4.78 is 32.5. The van der Waals surface area contributed by atoms with Gasteiger partial charge in [-0.25, -0.2) is 8.42 Å². The van der Waals surface area contributed by atoms with Crippen molar-refractivity contribution in [1.82, 2.24) is 0 Å². The molecule has 2 nitrogen and oxygen atoms in total. The molecule has 4 atom stereocenters. The average molecular weight is 667 g/mol. The molecule has 0 saturated heterocycles. The van der Waals surface area contributed by atoms with Crippen molar-refractivity contribution in [1.29, 1.82) is 0 Å². The molecule has 0 bridgehead atoms. The zero-order valence-electron chi connectivity index (χ0n) is 33.1. The maximum atomic E-state index is 16.2. The van der Waals surface area contributed by atoms with E-state index in [4.69, 9.17) is 0 Å². The normalized spacial score (nSPS) is 26.0. The van der Waals surface area contributed by atoms with Crippen LogP contribution in [0.15, 0.2) is 70.9 Å². The number of sulfone groups is 1. The van der Waals surface area contributed by atoms with Gasteiger partial charge in [-0.1, -0.05) is 171 Å². The van der Waals surface area contributed by atoms with Crippen LogP contribution in [0.5, 0.6) is 0 Å². The summed E-state index contributed by atoms with van der Waals surface area (Å²) in [5.74, 6) is 1.07. The fourth-order valence-corrected chi connectivity index (χ4v) is 11.5. The molecule has 2 aliphatic carbocycles. The summed E-state index contributed by atoms with van der Waals surface area (Å²) in [5.41, 5.74) is 3.43. The second-order valence-corrected chi connectivity index (χ2v) is 18.8. The van der Waals surface area contributed by atoms with Crippen molar-refractivity contribution in [3.63, 3.8) is 0 Å². The molecule has 0 aromatic rings. The quantitative estimate of drug-likeness (QED) is 0.108. The van der Waals surface area contributed by atoms with Crippen LogP contribution >= 0.6 is 0 Å². The number of hydrogen-bond acceptors (Lipinski definition) is 2. The van der Waals surface area contributed by atoms with Crippen LogP contribution in [-0.4, -0.2) is 18.9 Å². The minimum Gasteiger partial charge on any atom is -0.227 e. The molecular formula is C44H74O2S. The van der Waals surface area contributed by atoms with Gasteiger partial charge < -0.3 is 0 Å². The summed E-state index contributed by atoms with van der Waals surface area (Å²) in [7, 11) is -3.80. The van der Waals surface area contributed by atoms with E-state index in [-0.39, 0.29) is 23.7 Å². The van der Waals surface area contributed by atoms with Crippen LogP contribution in [0.2, 0.25) is 0 Å². The predicted octanol–water partition coefficient (Wildman–Crippen LogP) is 13.1. The molecule has 2 aliphatic rings. The van der Waals surface area contributed by atoms with Crippen molar-refractivity contribution >= 4 is 9.84 Å². The summed E-state index contributed by atoms with van der Waals surface area (Å²) in [5, 5.41) is -1.26. The molecule has 0 saturated carbocycles. The maximum absolute atomic E-state index is 16.2. The Morgan fingerprint density at radius 1 is 0.574 bits per heavy atom. The fraction of sp³-hybridized carbons (Fsp3) is 0.727. The first-order valence-corrected chi connectivity index (χ1v) is 21.0. The van der Waals surface area contributed by atoms with Crippen LogP contribution in [0.1, 0.15) is 148 Å². The van der Waals surface area contributed by atoms with Gasteiger partial charge in [-0.2, -0.15) is 0 Å². The molecule has 268 valence electrons. The van der Waals surface area contributed by atoms with E-state index < -0.39 is 31.2 Å². The lowest BCUT2D eigenvalue weighted by atomic mass is 9.65. The highest BCUT2D eigenvalue weighted by atomic mass is 32.2. The first-order chi connectivity index (χ1) is 21.9. The van der Waals surface area contributed by atoms with E-state index in [2.05, 4.69) is 146 Å². The van der Waals surface area contributed by atoms with E-state index in [1.807, 2.05) is 0 Å². The van der Waals surface area contributed by atoms with Crippen molar-refractivity contribution in [2.24, 2.45) is 46.3 Å². The van der Waals surface area contributed by atoms with Crippen LogP contribution in [0.4, 0.5) is 0 Å². The van der Waals surface area contributed by atoms with Crippen molar-refractivity contribution in [2.75, 3.05) is 0 Å². The predicted molar refractivity (Wildman–Crippen MR) is 209 cm³/mol. The molecule has 0 radical (unpaired) electrons. The molecule has 0 N–H and O–H groups in total. The van der Waals surface area contributed by atoms with E-state index in [9.17, 15) is 0 Å². The lowest BCUT2D eigenvalue weighted by molar-refractivity contribution is 0.302. The first kappa shape index (κ1) is 41.6. The van der Waals surface area contributed by atoms with E-state index in [0.29, 0.717) is 11.8 Å². The molecule has 0 aliphatic heterocycles. The summed E-state index contributed by atoms with van der Waals surface area (Å²) >= 11 is 0. The highest BCUT2D eigenvalue weighted by molar-refractivity contribution is 7.93. The van der Waals surface area contributed by atoms with E-state index in [0.717, 1.165) is 36.8 Å². The van der Waals surface area contributed by atoms with Crippen LogP contribution in [0, 0.1) is 46.3 Å². The SMILES string of the molecule is CCCCCC=CC1(C(C)C)C=C(C(C)C)C=C(C(C)C)C1S(=O)(=O)C1C(C(C)C)=CC(C(C)C)=CC1(C=CCCCCC)C(C)C. The number of allylic oxidation sites excluding steroid dienone is 10. The Morgan fingerprint density at radius 2 is 0.915 bits per heavy atom. The molecule has 0 aromatic carbocycles. The Hall–Kier alpha value is -1.61. The summed E-state index contributed by atoms with van der Waals surface area (Å²) in [6.45, 7) is 31.3. The van der Waals surface area contributed by atoms with Gasteiger partial charge in [0.15, 0.2) is 9.84 Å². The summed E-state index contributed by atoms with van der Waals surface area (Å²) in [4.78, 5) is 0. The molecule has 0 amide bonds. The number of unbranched alkanes of at least 4 members (excludes halogenated alkanes) is 6. The molecule has 3 heteroatoms. The van der Waals surface area contributed by atoms with Crippen molar-refractivity contribution in [2.45, 2.75) is 159 Å². The Balaban J connectivity index is 3.07. The smallest absolute Gasteiger partial charge is 0.166 e. The van der Waals surface area contributed by atoms with E-state index >= 15 is 8.42 Å². The molecule has 0 heterocycles. The Kier molecular flexibility index (Phi) is 15.8. The van der Waals surface area contributed by atoms with Gasteiger partial charge in [0.1, 0.15) is 0 Å². The third kappa shape index (κ3) is 9.34. The minimum atomic E-state index is -3.80. The standard InChI is InChI=1S/C44H74O2S/c1-15-17-19-21-23-25-43(35(11)12)29-37(31(3)4)27-39(33(7)8)41(43)47(45,46)42-40(34(9)10)28-38(32(5)6)30-44(42,36(13)14)26-24-22-20-18-16-2/h23-36,41-42H,15-22H2,1-14H3. The topological polar surface area (TPSA) is 34.1 Å². The van der Waals surface area contributed by atoms with Crippen LogP contribution in [-0.2, 0) is 9.84 Å². The molecule has 0 aromatic heterocycles. The molecule has 47 heavy (non-hydrogen) atoms. The molecule has 0 spiro atoms. The monoisotopic (exact) mass is 667 g/mol. The largest absolute Gasteiger partial charge is 0.227 e. The van der Waals surface area contributed by atoms with Gasteiger partial charge in [-0.3, -0.25) is 0 Å². The second kappa shape index (κ2) is 17.9. The second-order valence-electron chi connectivity index (χ2n) is 16.7. The fourth-order valence-electron chi connectivity index (χ4n) is 7.81. The highest BCUT2D eigenvalue weighted by Crippen LogP contribution is 2.55. The Bertz CT molecular complexity index is 1200. The first-order valence-electron chi connectivity index (χ1n) is 19.4. The van der Waals surface area contributed by atoms with Gasteiger partial charge in [-0.05, 0) is 83.5 Å². The average Bonchev–Trinajstić information content (AvgIpc) is 2.99. The van der Waals surface area contributed by atoms with Gasteiger partial charge in [-0.15, -0.1) is 0 Å². The van der Waals surface area contributed by atoms with E-state index in [1.54, 1.807) is 0 Å². The van der Waals surface area contributed by atoms with Gasteiger partial charge in [0.05, 0.1) is 10.5 Å². The molecule has 2 rings (SSSR count). The van der Waals surface area contributed by atoms with Crippen LogP contribution < -0.4 is 0 Å². The summed E-state index contributed by atoms with van der Waals surface area (Å²) in [6, 6.07) is 0. The van der Waals surface area contributed by atoms with Crippen LogP contribution in [0.3, 0.4) is 0 Å². The van der Waals surface area contributed by atoms with Gasteiger partial charge in [0, 0.05) is 10.8 Å². The third-order valence-electron chi connectivity index (χ3n) is 11.1. The molecule has 0 fully saturated rings. The van der Waals surface area contributed by atoms with Gasteiger partial charge in [0.25, 0.3) is 0 Å². The number of rotatable bonds is 18. The van der Waals surface area contributed by atoms with Crippen molar-refractivity contribution in [3.05, 3.63) is 70.9 Å². The third-order valence-corrected chi connectivity index (χ3v) is 13.8. The summed E-state index contributed by atoms with van der Waals surface area (Å²) in [6.07, 6.45) is 27.6. The molecular weight excluding hydrogens is 593 g/mol. The zero-order valence-corrected chi connectivity index (χ0v) is 33.9. The highest BCUT2D eigenvalue weighted by Gasteiger charge is 2.58. The van der Waals surface area contributed by atoms with Crippen LogP contribution in [0.25, 0.3) is 0 Å².